The van der Waals surface area contributed by atoms with E-state index in [-0.39, 0.29) is 23.6 Å². The number of rotatable bonds is 11. The first-order valence-corrected chi connectivity index (χ1v) is 11.3. The highest BCUT2D eigenvalue weighted by Crippen LogP contribution is 2.22. The van der Waals surface area contributed by atoms with E-state index in [1.807, 2.05) is 17.0 Å². The number of carbonyl (C=O) groups excluding carboxylic acids is 1. The Bertz CT molecular complexity index is 655. The molecule has 0 heterocycles. The Morgan fingerprint density at radius 2 is 1.73 bits per heavy atom. The monoisotopic (exact) mass is 383 g/mol. The largest absolute Gasteiger partial charge is 0.383 e. The van der Waals surface area contributed by atoms with E-state index in [1.165, 1.54) is 0 Å². The summed E-state index contributed by atoms with van der Waals surface area (Å²) in [4.78, 5) is 15.0. The Morgan fingerprint density at radius 3 is 2.19 bits per heavy atom. The molecule has 0 spiro atoms. The summed E-state index contributed by atoms with van der Waals surface area (Å²) >= 11 is 0. The van der Waals surface area contributed by atoms with Crippen LogP contribution in [0.25, 0.3) is 0 Å². The summed E-state index contributed by atoms with van der Waals surface area (Å²) < 4.78 is 27.3. The molecule has 2 atom stereocenters. The molecule has 1 aromatic carbocycles. The molecule has 0 N–H and O–H groups in total. The normalized spacial score (nSPS) is 13.9. The van der Waals surface area contributed by atoms with Crippen molar-refractivity contribution in [3.63, 3.8) is 0 Å². The van der Waals surface area contributed by atoms with Crippen LogP contribution in [-0.4, -0.2) is 31.5 Å². The molecular formula is C20H33NO4S. The van der Waals surface area contributed by atoms with Crippen LogP contribution in [0.5, 0.6) is 5.75 Å². The van der Waals surface area contributed by atoms with Crippen LogP contribution in [0.2, 0.25) is 0 Å². The average molecular weight is 384 g/mol. The van der Waals surface area contributed by atoms with Gasteiger partial charge in [0.2, 0.25) is 5.91 Å². The summed E-state index contributed by atoms with van der Waals surface area (Å²) in [7, 11) is -3.53. The second kappa shape index (κ2) is 10.6. The molecule has 5 nitrogen and oxygen atoms in total. The van der Waals surface area contributed by atoms with Gasteiger partial charge >= 0.3 is 10.1 Å². The van der Waals surface area contributed by atoms with E-state index in [0.29, 0.717) is 6.54 Å². The van der Waals surface area contributed by atoms with Gasteiger partial charge in [-0.15, -0.1) is 0 Å². The molecule has 0 aliphatic carbocycles. The number of benzene rings is 1. The van der Waals surface area contributed by atoms with Crippen LogP contribution in [0.4, 0.5) is 0 Å². The SMILES string of the molecule is CCCC[C@@H](CC)C(=O)N(Cc1ccc(OS(C)(=O)=O)cc1)[C@H](C)CC. The molecule has 6 heteroatoms. The molecule has 0 saturated heterocycles. The average Bonchev–Trinajstić information content (AvgIpc) is 2.59. The fourth-order valence-electron chi connectivity index (χ4n) is 2.88. The third-order valence-electron chi connectivity index (χ3n) is 4.68. The second-order valence-electron chi connectivity index (χ2n) is 6.90. The summed E-state index contributed by atoms with van der Waals surface area (Å²) in [6.07, 6.45) is 5.86. The lowest BCUT2D eigenvalue weighted by Gasteiger charge is -2.32. The maximum atomic E-state index is 13.1. The van der Waals surface area contributed by atoms with E-state index in [1.54, 1.807) is 12.1 Å². The summed E-state index contributed by atoms with van der Waals surface area (Å²) in [6.45, 7) is 8.90. The maximum Gasteiger partial charge on any atom is 0.306 e. The number of hydrogen-bond donors (Lipinski definition) is 0. The fourth-order valence-corrected chi connectivity index (χ4v) is 3.34. The summed E-state index contributed by atoms with van der Waals surface area (Å²) in [5.74, 6) is 0.565. The number of amides is 1. The molecule has 0 radical (unpaired) electrons. The van der Waals surface area contributed by atoms with Crippen LogP contribution < -0.4 is 4.18 Å². The molecule has 1 aromatic rings. The fraction of sp³-hybridized carbons (Fsp3) is 0.650. The number of unbranched alkanes of at least 4 members (excludes halogenated alkanes) is 1. The van der Waals surface area contributed by atoms with E-state index in [9.17, 15) is 13.2 Å². The first kappa shape index (κ1) is 22.5. The van der Waals surface area contributed by atoms with Crippen molar-refractivity contribution >= 4 is 16.0 Å². The highest BCUT2D eigenvalue weighted by Gasteiger charge is 2.25. The van der Waals surface area contributed by atoms with Crippen molar-refractivity contribution < 1.29 is 17.4 Å². The van der Waals surface area contributed by atoms with Crippen molar-refractivity contribution in [3.05, 3.63) is 29.8 Å². The molecule has 0 aliphatic rings. The van der Waals surface area contributed by atoms with Gasteiger partial charge in [0.1, 0.15) is 5.75 Å². The van der Waals surface area contributed by atoms with E-state index >= 15 is 0 Å². The van der Waals surface area contributed by atoms with Crippen LogP contribution in [-0.2, 0) is 21.5 Å². The quantitative estimate of drug-likeness (QED) is 0.532. The van der Waals surface area contributed by atoms with E-state index in [2.05, 4.69) is 27.7 Å². The second-order valence-corrected chi connectivity index (χ2v) is 8.48. The van der Waals surface area contributed by atoms with Gasteiger partial charge in [-0.05, 0) is 43.9 Å². The predicted octanol–water partition coefficient (Wildman–Crippen LogP) is 4.37. The zero-order valence-electron chi connectivity index (χ0n) is 16.7. The third kappa shape index (κ3) is 7.36. The lowest BCUT2D eigenvalue weighted by Crippen LogP contribution is -2.41. The van der Waals surface area contributed by atoms with Crippen molar-refractivity contribution in [3.8, 4) is 5.75 Å². The Hall–Kier alpha value is -1.56. The van der Waals surface area contributed by atoms with Crippen LogP contribution >= 0.6 is 0 Å². The Labute approximate surface area is 158 Å². The van der Waals surface area contributed by atoms with Gasteiger partial charge in [0, 0.05) is 18.5 Å². The van der Waals surface area contributed by atoms with Gasteiger partial charge < -0.3 is 9.08 Å². The van der Waals surface area contributed by atoms with Gasteiger partial charge in [-0.2, -0.15) is 8.42 Å². The highest BCUT2D eigenvalue weighted by molar-refractivity contribution is 7.86. The minimum absolute atomic E-state index is 0.0665. The standard InChI is InChI=1S/C20H33NO4S/c1-6-9-10-18(8-3)20(22)21(16(4)7-2)15-17-11-13-19(14-12-17)25-26(5,23)24/h11-14,16,18H,6-10,15H2,1-5H3/t16-,18-/m1/s1. The third-order valence-corrected chi connectivity index (χ3v) is 5.17. The number of nitrogens with zero attached hydrogens (tertiary/aromatic N) is 1. The molecule has 0 aliphatic heterocycles. The van der Waals surface area contributed by atoms with E-state index in [0.717, 1.165) is 43.9 Å². The molecular weight excluding hydrogens is 350 g/mol. The van der Waals surface area contributed by atoms with E-state index < -0.39 is 10.1 Å². The van der Waals surface area contributed by atoms with Gasteiger partial charge in [0.25, 0.3) is 0 Å². The lowest BCUT2D eigenvalue weighted by molar-refractivity contribution is -0.138. The lowest BCUT2D eigenvalue weighted by atomic mass is 9.96. The summed E-state index contributed by atoms with van der Waals surface area (Å²) in [5, 5.41) is 0. The smallest absolute Gasteiger partial charge is 0.306 e. The van der Waals surface area contributed by atoms with Crippen LogP contribution in [0, 0.1) is 5.92 Å². The van der Waals surface area contributed by atoms with Gasteiger partial charge in [-0.3, -0.25) is 4.79 Å². The van der Waals surface area contributed by atoms with Crippen molar-refractivity contribution in [2.45, 2.75) is 72.4 Å². The Balaban J connectivity index is 2.92. The molecule has 0 fully saturated rings. The molecule has 0 saturated carbocycles. The number of hydrogen-bond acceptors (Lipinski definition) is 4. The molecule has 148 valence electrons. The van der Waals surface area contributed by atoms with E-state index in [4.69, 9.17) is 4.18 Å². The number of carbonyl (C=O) groups is 1. The zero-order valence-corrected chi connectivity index (χ0v) is 17.5. The molecule has 0 aromatic heterocycles. The van der Waals surface area contributed by atoms with Crippen LogP contribution in [0.3, 0.4) is 0 Å². The molecule has 26 heavy (non-hydrogen) atoms. The minimum Gasteiger partial charge on any atom is -0.383 e. The van der Waals surface area contributed by atoms with Crippen molar-refractivity contribution in [1.82, 2.24) is 4.90 Å². The maximum absolute atomic E-state index is 13.1. The Kier molecular flexibility index (Phi) is 9.13. The molecule has 0 unspecified atom stereocenters. The Morgan fingerprint density at radius 1 is 1.12 bits per heavy atom. The van der Waals surface area contributed by atoms with Crippen LogP contribution in [0.15, 0.2) is 24.3 Å². The van der Waals surface area contributed by atoms with Crippen molar-refractivity contribution in [2.24, 2.45) is 5.92 Å². The van der Waals surface area contributed by atoms with Gasteiger partial charge in [-0.25, -0.2) is 0 Å². The topological polar surface area (TPSA) is 63.7 Å². The van der Waals surface area contributed by atoms with Crippen molar-refractivity contribution in [1.29, 1.82) is 0 Å². The van der Waals surface area contributed by atoms with Crippen molar-refractivity contribution in [2.75, 3.05) is 6.26 Å². The summed E-state index contributed by atoms with van der Waals surface area (Å²) in [6, 6.07) is 7.05. The van der Waals surface area contributed by atoms with Gasteiger partial charge in [0.15, 0.2) is 0 Å². The first-order chi connectivity index (χ1) is 12.2. The minimum atomic E-state index is -3.53. The van der Waals surface area contributed by atoms with Crippen LogP contribution in [0.1, 0.15) is 65.4 Å². The molecule has 1 amide bonds. The van der Waals surface area contributed by atoms with Gasteiger partial charge in [-0.1, -0.05) is 45.7 Å². The zero-order chi connectivity index (χ0) is 19.7. The highest BCUT2D eigenvalue weighted by atomic mass is 32.2. The molecule has 1 rings (SSSR count). The summed E-state index contributed by atoms with van der Waals surface area (Å²) in [5.41, 5.74) is 0.963. The first-order valence-electron chi connectivity index (χ1n) is 9.50. The van der Waals surface area contributed by atoms with Gasteiger partial charge in [0.05, 0.1) is 6.26 Å². The molecule has 0 bridgehead atoms. The predicted molar refractivity (Wildman–Crippen MR) is 106 cm³/mol.